The van der Waals surface area contributed by atoms with Crippen LogP contribution in [-0.2, 0) is 0 Å². The molecule has 18 heavy (non-hydrogen) atoms. The number of benzene rings is 2. The van der Waals surface area contributed by atoms with Crippen molar-refractivity contribution in [1.82, 2.24) is 0 Å². The van der Waals surface area contributed by atoms with Crippen LogP contribution in [0.5, 0.6) is 0 Å². The Labute approximate surface area is 120 Å². The van der Waals surface area contributed by atoms with Crippen LogP contribution in [0.1, 0.15) is 25.0 Å². The van der Waals surface area contributed by atoms with E-state index in [1.54, 1.807) is 11.8 Å². The van der Waals surface area contributed by atoms with Crippen molar-refractivity contribution in [3.05, 3.63) is 58.6 Å². The van der Waals surface area contributed by atoms with Crippen molar-refractivity contribution in [2.24, 2.45) is 0 Å². The number of halogens is 1. The van der Waals surface area contributed by atoms with E-state index in [1.165, 1.54) is 9.79 Å². The second kappa shape index (κ2) is 6.41. The van der Waals surface area contributed by atoms with E-state index in [-0.39, 0.29) is 6.10 Å². The van der Waals surface area contributed by atoms with E-state index in [9.17, 15) is 5.11 Å². The van der Waals surface area contributed by atoms with E-state index in [1.807, 2.05) is 37.3 Å². The molecule has 0 spiro atoms. The van der Waals surface area contributed by atoms with Crippen molar-refractivity contribution < 1.29 is 5.11 Å². The van der Waals surface area contributed by atoms with Crippen LogP contribution in [-0.4, -0.2) is 5.11 Å². The van der Waals surface area contributed by atoms with Crippen LogP contribution in [0.2, 0.25) is 0 Å². The molecule has 0 aliphatic heterocycles. The predicted octanol–water partition coefficient (Wildman–Crippen LogP) is 5.04. The van der Waals surface area contributed by atoms with Gasteiger partial charge in [0.05, 0.1) is 6.10 Å². The molecule has 1 atom stereocenters. The molecule has 3 heteroatoms. The van der Waals surface area contributed by atoms with Crippen molar-refractivity contribution in [2.45, 2.75) is 29.2 Å². The first-order chi connectivity index (χ1) is 8.70. The molecule has 0 aliphatic rings. The van der Waals surface area contributed by atoms with E-state index >= 15 is 0 Å². The lowest BCUT2D eigenvalue weighted by atomic mass is 10.1. The van der Waals surface area contributed by atoms with Crippen LogP contribution in [0.4, 0.5) is 0 Å². The molecule has 1 nitrogen and oxygen atoms in total. The molecule has 0 saturated carbocycles. The summed E-state index contributed by atoms with van der Waals surface area (Å²) in [5.41, 5.74) is 0.981. The summed E-state index contributed by atoms with van der Waals surface area (Å²) in [5.74, 6) is 0. The van der Waals surface area contributed by atoms with Crippen LogP contribution in [0.25, 0.3) is 0 Å². The van der Waals surface area contributed by atoms with Gasteiger partial charge in [-0.15, -0.1) is 0 Å². The first-order valence-corrected chi connectivity index (χ1v) is 7.52. The van der Waals surface area contributed by atoms with E-state index in [0.29, 0.717) is 0 Å². The fourth-order valence-electron chi connectivity index (χ4n) is 1.65. The highest BCUT2D eigenvalue weighted by atomic mass is 79.9. The Morgan fingerprint density at radius 1 is 1.11 bits per heavy atom. The average Bonchev–Trinajstić information content (AvgIpc) is 2.41. The molecule has 0 amide bonds. The summed E-state index contributed by atoms with van der Waals surface area (Å²) in [6.45, 7) is 1.98. The third-order valence-electron chi connectivity index (χ3n) is 2.72. The number of hydrogen-bond acceptors (Lipinski definition) is 2. The highest BCUT2D eigenvalue weighted by Crippen LogP contribution is 2.33. The van der Waals surface area contributed by atoms with E-state index in [0.717, 1.165) is 16.5 Å². The van der Waals surface area contributed by atoms with Gasteiger partial charge in [0.1, 0.15) is 0 Å². The Balaban J connectivity index is 2.14. The van der Waals surface area contributed by atoms with Gasteiger partial charge in [-0.1, -0.05) is 43.0 Å². The van der Waals surface area contributed by atoms with E-state index < -0.39 is 0 Å². The largest absolute Gasteiger partial charge is 0.388 e. The van der Waals surface area contributed by atoms with Gasteiger partial charge in [0.15, 0.2) is 0 Å². The second-order valence-corrected chi connectivity index (χ2v) is 6.00. The van der Waals surface area contributed by atoms with Crippen molar-refractivity contribution in [2.75, 3.05) is 0 Å². The molecule has 0 aliphatic carbocycles. The minimum Gasteiger partial charge on any atom is -0.388 e. The van der Waals surface area contributed by atoms with Gasteiger partial charge >= 0.3 is 0 Å². The lowest BCUT2D eigenvalue weighted by Gasteiger charge is -2.09. The summed E-state index contributed by atoms with van der Waals surface area (Å²) in [7, 11) is 0. The molecule has 2 aromatic rings. The average molecular weight is 323 g/mol. The molecule has 2 rings (SSSR count). The fraction of sp³-hybridized carbons (Fsp3) is 0.200. The summed E-state index contributed by atoms with van der Waals surface area (Å²) >= 11 is 5.26. The Kier molecular flexibility index (Phi) is 4.87. The fourth-order valence-corrected chi connectivity index (χ4v) is 3.01. The van der Waals surface area contributed by atoms with Gasteiger partial charge < -0.3 is 5.11 Å². The summed E-state index contributed by atoms with van der Waals surface area (Å²) in [6.07, 6.45) is 0.393. The minimum atomic E-state index is -0.354. The molecule has 0 unspecified atom stereocenters. The molecular formula is C15H15BrOS. The maximum absolute atomic E-state index is 9.74. The van der Waals surface area contributed by atoms with Crippen molar-refractivity contribution >= 4 is 27.7 Å². The van der Waals surface area contributed by atoms with Crippen molar-refractivity contribution in [3.8, 4) is 0 Å². The second-order valence-electron chi connectivity index (χ2n) is 4.03. The van der Waals surface area contributed by atoms with E-state index in [2.05, 4.69) is 34.1 Å². The zero-order chi connectivity index (χ0) is 13.0. The molecule has 0 fully saturated rings. The standard InChI is InChI=1S/C15H15BrOS/c1-2-14(17)11-7-9-12(10-8-11)18-15-6-4-3-5-13(15)16/h3-10,14,17H,2H2,1H3/t14-/m1/s1. The van der Waals surface area contributed by atoms with Gasteiger partial charge in [0.2, 0.25) is 0 Å². The Morgan fingerprint density at radius 2 is 1.78 bits per heavy atom. The van der Waals surface area contributed by atoms with Crippen molar-refractivity contribution in [3.63, 3.8) is 0 Å². The van der Waals surface area contributed by atoms with Crippen LogP contribution in [0.3, 0.4) is 0 Å². The third kappa shape index (κ3) is 3.37. The molecular weight excluding hydrogens is 308 g/mol. The maximum Gasteiger partial charge on any atom is 0.0787 e. The molecule has 1 N–H and O–H groups in total. The molecule has 0 aromatic heterocycles. The van der Waals surface area contributed by atoms with Gasteiger partial charge in [-0.3, -0.25) is 0 Å². The normalized spacial score (nSPS) is 12.4. The number of rotatable bonds is 4. The highest BCUT2D eigenvalue weighted by molar-refractivity contribution is 9.10. The first-order valence-electron chi connectivity index (χ1n) is 5.91. The topological polar surface area (TPSA) is 20.2 Å². The van der Waals surface area contributed by atoms with Gasteiger partial charge in [0, 0.05) is 14.3 Å². The first kappa shape index (κ1) is 13.7. The van der Waals surface area contributed by atoms with E-state index in [4.69, 9.17) is 0 Å². The van der Waals surface area contributed by atoms with Gasteiger partial charge in [-0.25, -0.2) is 0 Å². The highest BCUT2D eigenvalue weighted by Gasteiger charge is 2.05. The van der Waals surface area contributed by atoms with Crippen molar-refractivity contribution in [1.29, 1.82) is 0 Å². The van der Waals surface area contributed by atoms with Crippen LogP contribution < -0.4 is 0 Å². The van der Waals surface area contributed by atoms with Gasteiger partial charge in [0.25, 0.3) is 0 Å². The number of hydrogen-bond donors (Lipinski definition) is 1. The zero-order valence-corrected chi connectivity index (χ0v) is 12.5. The summed E-state index contributed by atoms with van der Waals surface area (Å²) in [6, 6.07) is 16.3. The molecule has 2 aromatic carbocycles. The monoisotopic (exact) mass is 322 g/mol. The Morgan fingerprint density at radius 3 is 2.39 bits per heavy atom. The van der Waals surface area contributed by atoms with Gasteiger partial charge in [-0.2, -0.15) is 0 Å². The zero-order valence-electron chi connectivity index (χ0n) is 10.1. The lowest BCUT2D eigenvalue weighted by molar-refractivity contribution is 0.173. The predicted molar refractivity (Wildman–Crippen MR) is 80.0 cm³/mol. The van der Waals surface area contributed by atoms with Crippen LogP contribution in [0.15, 0.2) is 62.8 Å². The lowest BCUT2D eigenvalue weighted by Crippen LogP contribution is -1.93. The molecule has 0 radical (unpaired) electrons. The SMILES string of the molecule is CC[C@@H](O)c1ccc(Sc2ccccc2Br)cc1. The molecule has 0 bridgehead atoms. The Hall–Kier alpha value is -0.770. The number of aliphatic hydroxyl groups excluding tert-OH is 1. The number of aliphatic hydroxyl groups is 1. The smallest absolute Gasteiger partial charge is 0.0787 e. The Bertz CT molecular complexity index is 510. The molecule has 94 valence electrons. The summed E-state index contributed by atoms with van der Waals surface area (Å²) < 4.78 is 1.10. The minimum absolute atomic E-state index is 0.354. The summed E-state index contributed by atoms with van der Waals surface area (Å²) in [4.78, 5) is 2.37. The van der Waals surface area contributed by atoms with Crippen LogP contribution >= 0.6 is 27.7 Å². The quantitative estimate of drug-likeness (QED) is 0.850. The van der Waals surface area contributed by atoms with Crippen LogP contribution in [0, 0.1) is 0 Å². The molecule has 0 saturated heterocycles. The molecule has 0 heterocycles. The maximum atomic E-state index is 9.74. The van der Waals surface area contributed by atoms with Gasteiger partial charge in [-0.05, 0) is 52.2 Å². The third-order valence-corrected chi connectivity index (χ3v) is 4.75. The summed E-state index contributed by atoms with van der Waals surface area (Å²) in [5, 5.41) is 9.74.